The van der Waals surface area contributed by atoms with Crippen molar-refractivity contribution in [1.82, 2.24) is 10.2 Å². The minimum atomic E-state index is -0.280. The molecule has 3 rings (SSSR count). The SMILES string of the molecule is CC(C(=O)N1CCCC1C(=O)NCc1ccccc1)C1CC1. The van der Waals surface area contributed by atoms with E-state index in [1.54, 1.807) is 0 Å². The van der Waals surface area contributed by atoms with Crippen molar-refractivity contribution in [2.45, 2.75) is 45.2 Å². The molecule has 2 atom stereocenters. The van der Waals surface area contributed by atoms with Crippen molar-refractivity contribution in [1.29, 1.82) is 0 Å². The van der Waals surface area contributed by atoms with E-state index in [1.807, 2.05) is 42.2 Å². The molecule has 0 bridgehead atoms. The van der Waals surface area contributed by atoms with E-state index in [-0.39, 0.29) is 23.8 Å². The van der Waals surface area contributed by atoms with Crippen molar-refractivity contribution in [3.8, 4) is 0 Å². The average Bonchev–Trinajstić information content (AvgIpc) is 3.29. The molecule has 0 aromatic heterocycles. The lowest BCUT2D eigenvalue weighted by atomic mass is 10.0. The first kappa shape index (κ1) is 15.1. The highest BCUT2D eigenvalue weighted by Crippen LogP contribution is 2.38. The smallest absolute Gasteiger partial charge is 0.243 e. The van der Waals surface area contributed by atoms with Gasteiger partial charge in [0.05, 0.1) is 0 Å². The molecule has 1 aromatic carbocycles. The molecule has 1 aliphatic heterocycles. The third-order valence-corrected chi connectivity index (χ3v) is 4.87. The maximum atomic E-state index is 12.6. The largest absolute Gasteiger partial charge is 0.350 e. The van der Waals surface area contributed by atoms with Crippen LogP contribution in [0.4, 0.5) is 0 Å². The molecule has 2 amide bonds. The van der Waals surface area contributed by atoms with Crippen LogP contribution in [0.2, 0.25) is 0 Å². The second-order valence-electron chi connectivity index (χ2n) is 6.52. The first-order valence-corrected chi connectivity index (χ1v) is 8.29. The van der Waals surface area contributed by atoms with Gasteiger partial charge in [0.15, 0.2) is 0 Å². The molecule has 1 aromatic rings. The quantitative estimate of drug-likeness (QED) is 0.907. The molecule has 4 heteroatoms. The summed E-state index contributed by atoms with van der Waals surface area (Å²) in [4.78, 5) is 26.8. The van der Waals surface area contributed by atoms with Crippen LogP contribution in [0.25, 0.3) is 0 Å². The molecule has 1 aliphatic carbocycles. The number of nitrogens with one attached hydrogen (secondary N) is 1. The van der Waals surface area contributed by atoms with Gasteiger partial charge in [0.2, 0.25) is 11.8 Å². The minimum absolute atomic E-state index is 0.0160. The van der Waals surface area contributed by atoms with Crippen molar-refractivity contribution >= 4 is 11.8 Å². The zero-order valence-electron chi connectivity index (χ0n) is 13.1. The number of carbonyl (C=O) groups excluding carboxylic acids is 2. The molecule has 2 unspecified atom stereocenters. The van der Waals surface area contributed by atoms with E-state index in [4.69, 9.17) is 0 Å². The molecule has 1 saturated carbocycles. The Balaban J connectivity index is 1.57. The summed E-state index contributed by atoms with van der Waals surface area (Å²) >= 11 is 0. The van der Waals surface area contributed by atoms with E-state index < -0.39 is 0 Å². The number of hydrogen-bond donors (Lipinski definition) is 1. The molecule has 1 N–H and O–H groups in total. The van der Waals surface area contributed by atoms with Gasteiger partial charge in [0, 0.05) is 19.0 Å². The van der Waals surface area contributed by atoms with E-state index >= 15 is 0 Å². The molecule has 2 aliphatic rings. The third-order valence-electron chi connectivity index (χ3n) is 4.87. The number of carbonyl (C=O) groups is 2. The fourth-order valence-corrected chi connectivity index (χ4v) is 3.27. The van der Waals surface area contributed by atoms with E-state index in [9.17, 15) is 9.59 Å². The van der Waals surface area contributed by atoms with E-state index in [0.717, 1.165) is 37.8 Å². The highest BCUT2D eigenvalue weighted by atomic mass is 16.2. The summed E-state index contributed by atoms with van der Waals surface area (Å²) in [5.74, 6) is 0.765. The molecule has 118 valence electrons. The maximum Gasteiger partial charge on any atom is 0.243 e. The normalized spacial score (nSPS) is 22.4. The van der Waals surface area contributed by atoms with Crippen LogP contribution in [-0.4, -0.2) is 29.3 Å². The van der Waals surface area contributed by atoms with Crippen LogP contribution < -0.4 is 5.32 Å². The Morgan fingerprint density at radius 3 is 2.64 bits per heavy atom. The number of hydrogen-bond acceptors (Lipinski definition) is 2. The summed E-state index contributed by atoms with van der Waals surface area (Å²) in [6.07, 6.45) is 4.02. The second-order valence-corrected chi connectivity index (χ2v) is 6.52. The van der Waals surface area contributed by atoms with Crippen LogP contribution in [0.5, 0.6) is 0 Å². The van der Waals surface area contributed by atoms with Gasteiger partial charge in [0.1, 0.15) is 6.04 Å². The maximum absolute atomic E-state index is 12.6. The average molecular weight is 300 g/mol. The fourth-order valence-electron chi connectivity index (χ4n) is 3.27. The first-order chi connectivity index (χ1) is 10.7. The van der Waals surface area contributed by atoms with Gasteiger partial charge in [-0.2, -0.15) is 0 Å². The van der Waals surface area contributed by atoms with Gasteiger partial charge in [-0.25, -0.2) is 0 Å². The van der Waals surface area contributed by atoms with Gasteiger partial charge < -0.3 is 10.2 Å². The first-order valence-electron chi connectivity index (χ1n) is 8.29. The van der Waals surface area contributed by atoms with E-state index in [0.29, 0.717) is 12.5 Å². The zero-order valence-corrected chi connectivity index (χ0v) is 13.1. The van der Waals surface area contributed by atoms with Crippen molar-refractivity contribution in [2.24, 2.45) is 11.8 Å². The topological polar surface area (TPSA) is 49.4 Å². The van der Waals surface area contributed by atoms with Gasteiger partial charge in [-0.05, 0) is 37.2 Å². The highest BCUT2D eigenvalue weighted by molar-refractivity contribution is 5.89. The lowest BCUT2D eigenvalue weighted by molar-refractivity contribution is -0.141. The van der Waals surface area contributed by atoms with Crippen LogP contribution in [0, 0.1) is 11.8 Å². The monoisotopic (exact) mass is 300 g/mol. The number of nitrogens with zero attached hydrogens (tertiary/aromatic N) is 1. The Bertz CT molecular complexity index is 539. The number of rotatable bonds is 5. The van der Waals surface area contributed by atoms with Gasteiger partial charge in [-0.3, -0.25) is 9.59 Å². The molecule has 2 fully saturated rings. The van der Waals surface area contributed by atoms with Crippen LogP contribution in [0.15, 0.2) is 30.3 Å². The predicted molar refractivity (Wildman–Crippen MR) is 84.9 cm³/mol. The molecular weight excluding hydrogens is 276 g/mol. The molecule has 4 nitrogen and oxygen atoms in total. The Labute approximate surface area is 131 Å². The van der Waals surface area contributed by atoms with Gasteiger partial charge in [-0.15, -0.1) is 0 Å². The van der Waals surface area contributed by atoms with Crippen LogP contribution in [0.1, 0.15) is 38.2 Å². The fraction of sp³-hybridized carbons (Fsp3) is 0.556. The molecule has 1 heterocycles. The van der Waals surface area contributed by atoms with Crippen molar-refractivity contribution in [2.75, 3.05) is 6.54 Å². The molecule has 0 radical (unpaired) electrons. The van der Waals surface area contributed by atoms with E-state index in [2.05, 4.69) is 5.32 Å². The standard InChI is InChI=1S/C18H24N2O2/c1-13(15-9-10-15)18(22)20-11-5-8-16(20)17(21)19-12-14-6-3-2-4-7-14/h2-4,6-7,13,15-16H,5,8-12H2,1H3,(H,19,21). The Morgan fingerprint density at radius 2 is 1.95 bits per heavy atom. The summed E-state index contributed by atoms with van der Waals surface area (Å²) < 4.78 is 0. The Hall–Kier alpha value is -1.84. The molecule has 0 spiro atoms. The summed E-state index contributed by atoms with van der Waals surface area (Å²) in [6, 6.07) is 9.59. The number of benzene rings is 1. The second kappa shape index (κ2) is 6.51. The summed E-state index contributed by atoms with van der Waals surface area (Å²) in [7, 11) is 0. The lowest BCUT2D eigenvalue weighted by Crippen LogP contribution is -2.47. The Morgan fingerprint density at radius 1 is 1.23 bits per heavy atom. The molecule has 1 saturated heterocycles. The summed E-state index contributed by atoms with van der Waals surface area (Å²) in [5.41, 5.74) is 1.08. The van der Waals surface area contributed by atoms with Crippen LogP contribution in [-0.2, 0) is 16.1 Å². The van der Waals surface area contributed by atoms with Crippen LogP contribution >= 0.6 is 0 Å². The van der Waals surface area contributed by atoms with Crippen molar-refractivity contribution in [3.05, 3.63) is 35.9 Å². The lowest BCUT2D eigenvalue weighted by Gasteiger charge is -2.26. The van der Waals surface area contributed by atoms with E-state index in [1.165, 1.54) is 0 Å². The molecular formula is C18H24N2O2. The summed E-state index contributed by atoms with van der Waals surface area (Å²) in [5, 5.41) is 2.98. The van der Waals surface area contributed by atoms with Gasteiger partial charge in [-0.1, -0.05) is 37.3 Å². The Kier molecular flexibility index (Phi) is 4.46. The number of amides is 2. The predicted octanol–water partition coefficient (Wildman–Crippen LogP) is 2.34. The van der Waals surface area contributed by atoms with Gasteiger partial charge in [0.25, 0.3) is 0 Å². The van der Waals surface area contributed by atoms with Gasteiger partial charge >= 0.3 is 0 Å². The van der Waals surface area contributed by atoms with Crippen LogP contribution in [0.3, 0.4) is 0 Å². The third kappa shape index (κ3) is 3.32. The van der Waals surface area contributed by atoms with Crippen molar-refractivity contribution < 1.29 is 9.59 Å². The minimum Gasteiger partial charge on any atom is -0.350 e. The summed E-state index contributed by atoms with van der Waals surface area (Å²) in [6.45, 7) is 3.26. The number of likely N-dealkylation sites (tertiary alicyclic amines) is 1. The zero-order chi connectivity index (χ0) is 15.5. The molecule has 22 heavy (non-hydrogen) atoms. The highest BCUT2D eigenvalue weighted by Gasteiger charge is 2.40. The van der Waals surface area contributed by atoms with Crippen molar-refractivity contribution in [3.63, 3.8) is 0 Å².